The summed E-state index contributed by atoms with van der Waals surface area (Å²) in [4.78, 5) is 68.2. The molecule has 15 nitrogen and oxygen atoms in total. The molecule has 0 bridgehead atoms. The van der Waals surface area contributed by atoms with E-state index in [0.717, 1.165) is 0 Å². The lowest BCUT2D eigenvalue weighted by Gasteiger charge is -2.31. The summed E-state index contributed by atoms with van der Waals surface area (Å²) in [6, 6.07) is 0. The molecule has 4 amide bonds. The number of hydrogen-bond donors (Lipinski definition) is 3. The highest BCUT2D eigenvalue weighted by Gasteiger charge is 2.27. The molecule has 0 unspecified atom stereocenters. The lowest BCUT2D eigenvalue weighted by molar-refractivity contribution is -0.121. The molecule has 0 aromatic rings. The number of alkyl carbamates (subject to hydrolysis) is 1. The van der Waals surface area contributed by atoms with Gasteiger partial charge in [0.15, 0.2) is 5.78 Å². The molecular formula is C35H66N4O11. The van der Waals surface area contributed by atoms with Crippen LogP contribution in [0, 0.1) is 0 Å². The van der Waals surface area contributed by atoms with Crippen molar-refractivity contribution in [2.45, 2.75) is 144 Å². The Morgan fingerprint density at radius 2 is 0.940 bits per heavy atom. The number of hydrogen-bond acceptors (Lipinski definition) is 11. The van der Waals surface area contributed by atoms with E-state index in [0.29, 0.717) is 12.8 Å². The van der Waals surface area contributed by atoms with E-state index in [1.165, 1.54) is 14.7 Å². The van der Waals surface area contributed by atoms with Crippen LogP contribution in [0.25, 0.3) is 0 Å². The molecule has 0 spiro atoms. The van der Waals surface area contributed by atoms with E-state index < -0.39 is 59.5 Å². The normalized spacial score (nSPS) is 12.8. The van der Waals surface area contributed by atoms with Gasteiger partial charge in [0.2, 0.25) is 0 Å². The summed E-state index contributed by atoms with van der Waals surface area (Å²) in [7, 11) is 0. The monoisotopic (exact) mass is 718 g/mol. The fraction of sp³-hybridized carbons (Fsp3) is 0.857. The van der Waals surface area contributed by atoms with E-state index in [9.17, 15) is 29.1 Å². The Hall–Kier alpha value is -3.33. The molecule has 0 aromatic heterocycles. The Balaban J connectivity index is 5.66. The first kappa shape index (κ1) is 46.7. The van der Waals surface area contributed by atoms with Crippen molar-refractivity contribution in [3.63, 3.8) is 0 Å². The molecular weight excluding hydrogens is 652 g/mol. The maximum atomic E-state index is 13.2. The molecule has 3 N–H and O–H groups in total. The zero-order valence-corrected chi connectivity index (χ0v) is 32.7. The smallest absolute Gasteiger partial charge is 0.410 e. The van der Waals surface area contributed by atoms with Crippen molar-refractivity contribution >= 4 is 30.2 Å². The second-order valence-electron chi connectivity index (χ2n) is 16.2. The first-order valence-electron chi connectivity index (χ1n) is 17.4. The summed E-state index contributed by atoms with van der Waals surface area (Å²) < 4.78 is 22.0. The highest BCUT2D eigenvalue weighted by atomic mass is 16.6. The Labute approximate surface area is 299 Å². The molecule has 0 aliphatic heterocycles. The van der Waals surface area contributed by atoms with Gasteiger partial charge in [-0.3, -0.25) is 4.79 Å². The number of nitrogens with one attached hydrogen (secondary N) is 1. The number of ether oxygens (including phenoxy) is 4. The summed E-state index contributed by atoms with van der Waals surface area (Å²) in [5.74, 6) is -0.309. The van der Waals surface area contributed by atoms with Crippen LogP contribution < -0.4 is 5.32 Å². The van der Waals surface area contributed by atoms with Crippen molar-refractivity contribution in [3.8, 4) is 0 Å². The molecule has 292 valence electrons. The van der Waals surface area contributed by atoms with Crippen molar-refractivity contribution in [3.05, 3.63) is 0 Å². The molecule has 0 rings (SSSR count). The first-order valence-corrected chi connectivity index (χ1v) is 17.4. The van der Waals surface area contributed by atoms with Gasteiger partial charge in [0.05, 0.1) is 19.3 Å². The largest absolute Gasteiger partial charge is 0.444 e. The molecule has 0 fully saturated rings. The fourth-order valence-electron chi connectivity index (χ4n) is 4.19. The van der Waals surface area contributed by atoms with Crippen molar-refractivity contribution in [2.24, 2.45) is 0 Å². The average molecular weight is 719 g/mol. The van der Waals surface area contributed by atoms with E-state index in [2.05, 4.69) is 5.32 Å². The van der Waals surface area contributed by atoms with Crippen molar-refractivity contribution < 1.29 is 53.1 Å². The van der Waals surface area contributed by atoms with Crippen LogP contribution in [0.1, 0.15) is 115 Å². The van der Waals surface area contributed by atoms with Crippen LogP contribution in [-0.4, -0.2) is 136 Å². The predicted molar refractivity (Wildman–Crippen MR) is 189 cm³/mol. The second-order valence-corrected chi connectivity index (χ2v) is 16.2. The van der Waals surface area contributed by atoms with Gasteiger partial charge in [-0.25, -0.2) is 19.2 Å². The zero-order chi connectivity index (χ0) is 38.9. The van der Waals surface area contributed by atoms with Crippen LogP contribution in [-0.2, 0) is 23.7 Å². The van der Waals surface area contributed by atoms with Gasteiger partial charge >= 0.3 is 24.4 Å². The van der Waals surface area contributed by atoms with Crippen LogP contribution >= 0.6 is 0 Å². The van der Waals surface area contributed by atoms with Crippen LogP contribution in [0.2, 0.25) is 0 Å². The van der Waals surface area contributed by atoms with Gasteiger partial charge in [0.25, 0.3) is 0 Å². The summed E-state index contributed by atoms with van der Waals surface area (Å²) in [6.07, 6.45) is -2.24. The first-order chi connectivity index (χ1) is 22.7. The van der Waals surface area contributed by atoms with Gasteiger partial charge in [-0.2, -0.15) is 0 Å². The van der Waals surface area contributed by atoms with Crippen LogP contribution in [0.15, 0.2) is 0 Å². The third kappa shape index (κ3) is 24.7. The van der Waals surface area contributed by atoms with Crippen LogP contribution in [0.5, 0.6) is 0 Å². The van der Waals surface area contributed by atoms with E-state index >= 15 is 0 Å². The lowest BCUT2D eigenvalue weighted by atomic mass is 10.1. The lowest BCUT2D eigenvalue weighted by Crippen LogP contribution is -2.43. The number of aliphatic hydroxyl groups is 2. The minimum absolute atomic E-state index is 0.0315. The standard InChI is InChI=1S/C35H66N4O11/c1-32(2,3)47-28(43)36-18-13-19-37(29(44)48-33(4,5)6)20-14-21-38(30(45)49-34(7,8)9)22-15-23-39(31(46)50-35(10,11)12)24-26(41)16-17-27(42)25-40/h27,40,42H,13-25H2,1-12H3,(H,36,43)/t27-/m0/s1. The third-order valence-corrected chi connectivity index (χ3v) is 6.27. The maximum Gasteiger partial charge on any atom is 0.410 e. The van der Waals surface area contributed by atoms with E-state index in [4.69, 9.17) is 24.1 Å². The summed E-state index contributed by atoms with van der Waals surface area (Å²) in [5.41, 5.74) is -2.94. The molecule has 0 saturated heterocycles. The maximum absolute atomic E-state index is 13.2. The number of nitrogens with zero attached hydrogens (tertiary/aromatic N) is 3. The zero-order valence-electron chi connectivity index (χ0n) is 32.7. The topological polar surface area (TPSA) is 184 Å². The van der Waals surface area contributed by atoms with Crippen LogP contribution in [0.4, 0.5) is 19.2 Å². The number of carbonyl (C=O) groups is 5. The highest BCUT2D eigenvalue weighted by molar-refractivity contribution is 5.84. The Bertz CT molecular complexity index is 1070. The van der Waals surface area contributed by atoms with E-state index in [1.54, 1.807) is 83.1 Å². The van der Waals surface area contributed by atoms with Gasteiger partial charge < -0.3 is 49.2 Å². The number of ketones is 1. The highest BCUT2D eigenvalue weighted by Crippen LogP contribution is 2.15. The van der Waals surface area contributed by atoms with Gasteiger partial charge in [-0.15, -0.1) is 0 Å². The fourth-order valence-corrected chi connectivity index (χ4v) is 4.19. The molecule has 15 heteroatoms. The van der Waals surface area contributed by atoms with Gasteiger partial charge in [0, 0.05) is 45.7 Å². The molecule has 0 heterocycles. The summed E-state index contributed by atoms with van der Waals surface area (Å²) in [5, 5.41) is 21.4. The van der Waals surface area contributed by atoms with Gasteiger partial charge in [0.1, 0.15) is 22.4 Å². The SMILES string of the molecule is CC(C)(C)OC(=O)NCCCN(CCCN(CCCN(CC(=O)CC[C@H](O)CO)C(=O)OC(C)(C)C)C(=O)OC(C)(C)C)C(=O)OC(C)(C)C. The quantitative estimate of drug-likeness (QED) is 0.127. The number of amides is 4. The molecule has 0 saturated carbocycles. The number of aliphatic hydroxyl groups excluding tert-OH is 2. The third-order valence-electron chi connectivity index (χ3n) is 6.27. The molecule has 0 aromatic carbocycles. The van der Waals surface area contributed by atoms with Crippen molar-refractivity contribution in [2.75, 3.05) is 52.4 Å². The second kappa shape index (κ2) is 21.1. The number of rotatable bonds is 18. The van der Waals surface area contributed by atoms with Crippen LogP contribution in [0.3, 0.4) is 0 Å². The molecule has 0 radical (unpaired) electrons. The number of carbonyl (C=O) groups excluding carboxylic acids is 5. The van der Waals surface area contributed by atoms with Gasteiger partial charge in [-0.05, 0) is 109 Å². The van der Waals surface area contributed by atoms with Crippen molar-refractivity contribution in [1.29, 1.82) is 0 Å². The molecule has 0 aliphatic carbocycles. The Morgan fingerprint density at radius 1 is 0.580 bits per heavy atom. The molecule has 1 atom stereocenters. The summed E-state index contributed by atoms with van der Waals surface area (Å²) >= 11 is 0. The van der Waals surface area contributed by atoms with E-state index in [-0.39, 0.29) is 70.9 Å². The minimum Gasteiger partial charge on any atom is -0.444 e. The predicted octanol–water partition coefficient (Wildman–Crippen LogP) is 5.10. The van der Waals surface area contributed by atoms with E-state index in [1.807, 2.05) is 0 Å². The Morgan fingerprint density at radius 3 is 1.32 bits per heavy atom. The molecule has 0 aliphatic rings. The minimum atomic E-state index is -1.03. The number of Topliss-reactive ketones (excluding diaryl/α,β-unsaturated/α-hetero) is 1. The van der Waals surface area contributed by atoms with Crippen molar-refractivity contribution in [1.82, 2.24) is 20.0 Å². The molecule has 50 heavy (non-hydrogen) atoms. The Kier molecular flexibility index (Phi) is 19.7. The average Bonchev–Trinajstić information content (AvgIpc) is 2.91. The summed E-state index contributed by atoms with van der Waals surface area (Å²) in [6.45, 7) is 21.6. The van der Waals surface area contributed by atoms with Gasteiger partial charge in [-0.1, -0.05) is 0 Å².